The SMILES string of the molecule is COc1ccc(C2=CC(c3cc(Cl)ccc3O)NC(c3c(F)cccc3Cl)N2)cc1. The Morgan fingerprint density at radius 3 is 2.50 bits per heavy atom. The molecule has 1 aliphatic rings. The third-order valence-electron chi connectivity index (χ3n) is 4.99. The lowest BCUT2D eigenvalue weighted by molar-refractivity contribution is 0.408. The Morgan fingerprint density at radius 1 is 1.03 bits per heavy atom. The molecule has 4 rings (SSSR count). The first-order valence-corrected chi connectivity index (χ1v) is 10.0. The van der Waals surface area contributed by atoms with Crippen molar-refractivity contribution in [3.8, 4) is 11.5 Å². The molecule has 3 N–H and O–H groups in total. The lowest BCUT2D eigenvalue weighted by atomic mass is 9.97. The van der Waals surface area contributed by atoms with Crippen LogP contribution in [0.1, 0.15) is 28.9 Å². The fourth-order valence-corrected chi connectivity index (χ4v) is 3.94. The van der Waals surface area contributed by atoms with Crippen LogP contribution in [0.4, 0.5) is 4.39 Å². The molecule has 0 fully saturated rings. The molecule has 3 aromatic carbocycles. The summed E-state index contributed by atoms with van der Waals surface area (Å²) in [5.41, 5.74) is 2.50. The van der Waals surface area contributed by atoms with Gasteiger partial charge in [0.15, 0.2) is 0 Å². The number of hydrogen-bond donors (Lipinski definition) is 3. The maximum absolute atomic E-state index is 14.7. The number of phenolic OH excluding ortho intramolecular Hbond substituents is 1. The normalized spacial score (nSPS) is 18.5. The number of halogens is 3. The zero-order valence-corrected chi connectivity index (χ0v) is 17.5. The summed E-state index contributed by atoms with van der Waals surface area (Å²) in [6, 6.07) is 16.4. The van der Waals surface area contributed by atoms with Crippen molar-refractivity contribution in [1.82, 2.24) is 10.6 Å². The third-order valence-corrected chi connectivity index (χ3v) is 5.56. The van der Waals surface area contributed by atoms with Crippen molar-refractivity contribution in [2.24, 2.45) is 0 Å². The molecule has 3 aromatic rings. The van der Waals surface area contributed by atoms with E-state index in [-0.39, 0.29) is 5.75 Å². The average molecular weight is 445 g/mol. The lowest BCUT2D eigenvalue weighted by Gasteiger charge is -2.34. The van der Waals surface area contributed by atoms with Gasteiger partial charge < -0.3 is 15.2 Å². The van der Waals surface area contributed by atoms with Crippen LogP contribution in [0.15, 0.2) is 66.7 Å². The molecule has 154 valence electrons. The van der Waals surface area contributed by atoms with Crippen molar-refractivity contribution in [2.75, 3.05) is 7.11 Å². The summed E-state index contributed by atoms with van der Waals surface area (Å²) in [5.74, 6) is 0.381. The minimum Gasteiger partial charge on any atom is -0.508 e. The maximum Gasteiger partial charge on any atom is 0.131 e. The van der Waals surface area contributed by atoms with Crippen molar-refractivity contribution in [3.63, 3.8) is 0 Å². The summed E-state index contributed by atoms with van der Waals surface area (Å²) < 4.78 is 19.9. The van der Waals surface area contributed by atoms with Gasteiger partial charge in [-0.25, -0.2) is 4.39 Å². The van der Waals surface area contributed by atoms with Crippen LogP contribution in [-0.2, 0) is 0 Å². The Balaban J connectivity index is 1.80. The number of nitrogens with one attached hydrogen (secondary N) is 2. The van der Waals surface area contributed by atoms with E-state index in [0.717, 1.165) is 17.0 Å². The summed E-state index contributed by atoms with van der Waals surface area (Å²) in [6.45, 7) is 0. The van der Waals surface area contributed by atoms with Crippen molar-refractivity contribution < 1.29 is 14.2 Å². The molecule has 2 atom stereocenters. The summed E-state index contributed by atoms with van der Waals surface area (Å²) >= 11 is 12.5. The predicted octanol–water partition coefficient (Wildman–Crippen LogP) is 5.82. The number of rotatable bonds is 4. The fourth-order valence-electron chi connectivity index (χ4n) is 3.49. The van der Waals surface area contributed by atoms with E-state index in [1.54, 1.807) is 31.4 Å². The Labute approximate surface area is 183 Å². The fraction of sp³-hybridized carbons (Fsp3) is 0.130. The van der Waals surface area contributed by atoms with Gasteiger partial charge in [-0.15, -0.1) is 0 Å². The first kappa shape index (κ1) is 20.5. The molecule has 1 heterocycles. The van der Waals surface area contributed by atoms with Crippen molar-refractivity contribution >= 4 is 28.9 Å². The van der Waals surface area contributed by atoms with Gasteiger partial charge in [0.25, 0.3) is 0 Å². The van der Waals surface area contributed by atoms with Gasteiger partial charge in [-0.2, -0.15) is 0 Å². The Hall–Kier alpha value is -2.73. The quantitative estimate of drug-likeness (QED) is 0.474. The zero-order valence-electron chi connectivity index (χ0n) is 16.0. The van der Waals surface area contributed by atoms with Crippen molar-refractivity contribution in [2.45, 2.75) is 12.2 Å². The molecule has 0 spiro atoms. The number of ether oxygens (including phenoxy) is 1. The monoisotopic (exact) mass is 444 g/mol. The van der Waals surface area contributed by atoms with Crippen LogP contribution in [0, 0.1) is 5.82 Å². The van der Waals surface area contributed by atoms with Crippen LogP contribution in [0.25, 0.3) is 5.70 Å². The lowest BCUT2D eigenvalue weighted by Crippen LogP contribution is -2.40. The number of aromatic hydroxyl groups is 1. The molecule has 0 radical (unpaired) electrons. The van der Waals surface area contributed by atoms with Gasteiger partial charge in [-0.3, -0.25) is 5.32 Å². The Kier molecular flexibility index (Phi) is 5.86. The van der Waals surface area contributed by atoms with E-state index in [1.807, 2.05) is 30.3 Å². The highest BCUT2D eigenvalue weighted by Crippen LogP contribution is 2.36. The van der Waals surface area contributed by atoms with E-state index in [4.69, 9.17) is 27.9 Å². The summed E-state index contributed by atoms with van der Waals surface area (Å²) in [7, 11) is 1.60. The molecular weight excluding hydrogens is 426 g/mol. The van der Waals surface area contributed by atoms with Crippen LogP contribution in [-0.4, -0.2) is 12.2 Å². The Bertz CT molecular complexity index is 1080. The van der Waals surface area contributed by atoms with Crippen molar-refractivity contribution in [1.29, 1.82) is 0 Å². The van der Waals surface area contributed by atoms with E-state index in [0.29, 0.717) is 21.2 Å². The van der Waals surface area contributed by atoms with Crippen LogP contribution in [0.5, 0.6) is 11.5 Å². The number of benzene rings is 3. The third kappa shape index (κ3) is 4.10. The van der Waals surface area contributed by atoms with Gasteiger partial charge >= 0.3 is 0 Å². The van der Waals surface area contributed by atoms with E-state index in [2.05, 4.69) is 10.6 Å². The topological polar surface area (TPSA) is 53.5 Å². The van der Waals surface area contributed by atoms with E-state index in [9.17, 15) is 9.50 Å². The van der Waals surface area contributed by atoms with Crippen LogP contribution in [0.2, 0.25) is 10.0 Å². The molecule has 0 saturated carbocycles. The molecule has 1 aliphatic heterocycles. The minimum absolute atomic E-state index is 0.0857. The molecule has 7 heteroatoms. The van der Waals surface area contributed by atoms with E-state index < -0.39 is 18.0 Å². The second-order valence-electron chi connectivity index (χ2n) is 6.87. The molecule has 2 unspecified atom stereocenters. The van der Waals surface area contributed by atoms with Gasteiger partial charge in [0.05, 0.1) is 18.2 Å². The van der Waals surface area contributed by atoms with Crippen LogP contribution < -0.4 is 15.4 Å². The maximum atomic E-state index is 14.7. The standard InChI is InChI=1S/C23H19Cl2FN2O2/c1-30-15-8-5-13(6-9-15)19-12-20(16-11-14(24)7-10-21(16)29)28-23(27-19)22-17(25)3-2-4-18(22)26/h2-12,20,23,27-29H,1H3. The van der Waals surface area contributed by atoms with Gasteiger partial charge in [0, 0.05) is 21.8 Å². The van der Waals surface area contributed by atoms with Gasteiger partial charge in [0.2, 0.25) is 0 Å². The smallest absolute Gasteiger partial charge is 0.131 e. The molecule has 0 saturated heterocycles. The second-order valence-corrected chi connectivity index (χ2v) is 7.71. The summed E-state index contributed by atoms with van der Waals surface area (Å²) in [6.07, 6.45) is 1.28. The molecule has 0 bridgehead atoms. The zero-order chi connectivity index (χ0) is 21.3. The average Bonchev–Trinajstić information content (AvgIpc) is 2.75. The Morgan fingerprint density at radius 2 is 1.80 bits per heavy atom. The largest absolute Gasteiger partial charge is 0.508 e. The number of phenols is 1. The van der Waals surface area contributed by atoms with E-state index in [1.165, 1.54) is 12.1 Å². The first-order chi connectivity index (χ1) is 14.5. The predicted molar refractivity (Wildman–Crippen MR) is 117 cm³/mol. The summed E-state index contributed by atoms with van der Waals surface area (Å²) in [4.78, 5) is 0. The molecule has 0 amide bonds. The number of methoxy groups -OCH3 is 1. The van der Waals surface area contributed by atoms with Crippen LogP contribution in [0.3, 0.4) is 0 Å². The van der Waals surface area contributed by atoms with Gasteiger partial charge in [-0.1, -0.05) is 29.3 Å². The second kappa shape index (κ2) is 8.56. The molecular formula is C23H19Cl2FN2O2. The highest BCUT2D eigenvalue weighted by atomic mass is 35.5. The van der Waals surface area contributed by atoms with E-state index >= 15 is 0 Å². The van der Waals surface area contributed by atoms with Crippen molar-refractivity contribution in [3.05, 3.63) is 99.3 Å². The highest BCUT2D eigenvalue weighted by molar-refractivity contribution is 6.31. The number of hydrogen-bond acceptors (Lipinski definition) is 4. The molecule has 30 heavy (non-hydrogen) atoms. The first-order valence-electron chi connectivity index (χ1n) is 9.27. The van der Waals surface area contributed by atoms with Gasteiger partial charge in [0.1, 0.15) is 23.5 Å². The highest BCUT2D eigenvalue weighted by Gasteiger charge is 2.28. The van der Waals surface area contributed by atoms with Gasteiger partial charge in [-0.05, 0) is 66.2 Å². The summed E-state index contributed by atoms with van der Waals surface area (Å²) in [5, 5.41) is 17.8. The molecule has 0 aliphatic carbocycles. The molecule has 0 aromatic heterocycles. The molecule has 4 nitrogen and oxygen atoms in total. The van der Waals surface area contributed by atoms with Crippen LogP contribution >= 0.6 is 23.2 Å². The minimum atomic E-state index is -0.635.